The molecule has 2 nitrogen and oxygen atoms in total. The molecule has 1 N–H and O–H groups in total. The number of rotatable bonds is 6. The lowest BCUT2D eigenvalue weighted by Crippen LogP contribution is -2.44. The minimum atomic E-state index is 0.410. The Labute approximate surface area is 134 Å². The van der Waals surface area contributed by atoms with Crippen LogP contribution in [0, 0.1) is 5.41 Å². The minimum Gasteiger partial charge on any atom is -0.317 e. The molecule has 0 aliphatic carbocycles. The van der Waals surface area contributed by atoms with E-state index >= 15 is 0 Å². The molecule has 0 saturated carbocycles. The molecular weight excluding hydrogens is 280 g/mol. The molecule has 0 aromatic heterocycles. The molecule has 0 bridgehead atoms. The molecule has 1 atom stereocenters. The van der Waals surface area contributed by atoms with Crippen LogP contribution in [0.25, 0.3) is 0 Å². The van der Waals surface area contributed by atoms with E-state index in [4.69, 9.17) is 11.6 Å². The molecule has 1 saturated heterocycles. The number of nitrogens with zero attached hydrogens (tertiary/aromatic N) is 1. The number of hydrogen-bond donors (Lipinski definition) is 1. The summed E-state index contributed by atoms with van der Waals surface area (Å²) < 4.78 is 0. The summed E-state index contributed by atoms with van der Waals surface area (Å²) in [5.74, 6) is 0. The highest BCUT2D eigenvalue weighted by molar-refractivity contribution is 6.30. The monoisotopic (exact) mass is 308 g/mol. The van der Waals surface area contributed by atoms with Crippen molar-refractivity contribution in [1.29, 1.82) is 0 Å². The molecule has 1 aliphatic heterocycles. The first-order valence-electron chi connectivity index (χ1n) is 8.23. The Morgan fingerprint density at radius 1 is 1.33 bits per heavy atom. The summed E-state index contributed by atoms with van der Waals surface area (Å²) in [6, 6.07) is 8.68. The summed E-state index contributed by atoms with van der Waals surface area (Å²) in [4.78, 5) is 2.51. The lowest BCUT2D eigenvalue weighted by atomic mass is 9.74. The van der Waals surface area contributed by atoms with Crippen molar-refractivity contribution in [3.63, 3.8) is 0 Å². The van der Waals surface area contributed by atoms with Crippen LogP contribution >= 0.6 is 11.6 Å². The van der Waals surface area contributed by atoms with Gasteiger partial charge in [0.1, 0.15) is 0 Å². The van der Waals surface area contributed by atoms with Gasteiger partial charge in [-0.05, 0) is 69.4 Å². The van der Waals surface area contributed by atoms with Crippen molar-refractivity contribution in [2.24, 2.45) is 5.41 Å². The van der Waals surface area contributed by atoms with Crippen LogP contribution < -0.4 is 5.32 Å². The maximum absolute atomic E-state index is 6.14. The Morgan fingerprint density at radius 2 is 2.05 bits per heavy atom. The van der Waals surface area contributed by atoms with E-state index in [1.807, 2.05) is 12.1 Å². The third-order valence-electron chi connectivity index (χ3n) is 5.02. The number of piperidine rings is 1. The van der Waals surface area contributed by atoms with Gasteiger partial charge in [-0.25, -0.2) is 0 Å². The van der Waals surface area contributed by atoms with Gasteiger partial charge in [0, 0.05) is 17.6 Å². The van der Waals surface area contributed by atoms with Crippen molar-refractivity contribution in [2.75, 3.05) is 26.7 Å². The van der Waals surface area contributed by atoms with Crippen molar-refractivity contribution in [2.45, 2.75) is 45.6 Å². The normalized spacial score (nSPS) is 19.7. The van der Waals surface area contributed by atoms with Crippen molar-refractivity contribution in [3.05, 3.63) is 34.9 Å². The molecule has 2 rings (SSSR count). The summed E-state index contributed by atoms with van der Waals surface area (Å²) in [5.41, 5.74) is 1.80. The summed E-state index contributed by atoms with van der Waals surface area (Å²) in [5, 5.41) is 4.33. The fraction of sp³-hybridized carbons (Fsp3) is 0.667. The molecule has 1 aromatic rings. The standard InChI is InChI=1S/C18H29ClN2/c1-4-8-18(9-11-20-12-10-18)14-21(3)15(2)16-6-5-7-17(19)13-16/h5-7,13,15,20H,4,8-12,14H2,1-3H3. The summed E-state index contributed by atoms with van der Waals surface area (Å²) in [7, 11) is 2.25. The smallest absolute Gasteiger partial charge is 0.0409 e. The third kappa shape index (κ3) is 4.45. The Bertz CT molecular complexity index is 435. The maximum Gasteiger partial charge on any atom is 0.0409 e. The first kappa shape index (κ1) is 16.8. The van der Waals surface area contributed by atoms with Crippen LogP contribution in [0.1, 0.15) is 51.1 Å². The van der Waals surface area contributed by atoms with Crippen LogP contribution in [0.15, 0.2) is 24.3 Å². The second-order valence-corrected chi connectivity index (χ2v) is 7.08. The summed E-state index contributed by atoms with van der Waals surface area (Å²) in [6.45, 7) is 8.10. The second kappa shape index (κ2) is 7.62. The predicted octanol–water partition coefficient (Wildman–Crippen LogP) is 4.50. The van der Waals surface area contributed by atoms with Gasteiger partial charge in [0.15, 0.2) is 0 Å². The highest BCUT2D eigenvalue weighted by Crippen LogP contribution is 2.36. The van der Waals surface area contributed by atoms with Crippen molar-refractivity contribution < 1.29 is 0 Å². The van der Waals surface area contributed by atoms with Crippen LogP contribution in [0.3, 0.4) is 0 Å². The first-order chi connectivity index (χ1) is 10.1. The Balaban J connectivity index is 2.05. The average molecular weight is 309 g/mol. The van der Waals surface area contributed by atoms with Crippen LogP contribution in [-0.2, 0) is 0 Å². The van der Waals surface area contributed by atoms with E-state index in [1.165, 1.54) is 50.9 Å². The van der Waals surface area contributed by atoms with E-state index in [0.717, 1.165) is 5.02 Å². The van der Waals surface area contributed by atoms with Gasteiger partial charge in [0.2, 0.25) is 0 Å². The van der Waals surface area contributed by atoms with Gasteiger partial charge in [-0.1, -0.05) is 37.1 Å². The average Bonchev–Trinajstić information content (AvgIpc) is 2.47. The molecule has 1 aliphatic rings. The zero-order valence-electron chi connectivity index (χ0n) is 13.7. The molecule has 118 valence electrons. The Hall–Kier alpha value is -0.570. The van der Waals surface area contributed by atoms with Crippen LogP contribution in [0.5, 0.6) is 0 Å². The first-order valence-corrected chi connectivity index (χ1v) is 8.60. The number of hydrogen-bond acceptors (Lipinski definition) is 2. The summed E-state index contributed by atoms with van der Waals surface area (Å²) >= 11 is 6.14. The lowest BCUT2D eigenvalue weighted by molar-refractivity contribution is 0.0955. The lowest BCUT2D eigenvalue weighted by Gasteiger charge is -2.42. The Morgan fingerprint density at radius 3 is 2.67 bits per heavy atom. The predicted molar refractivity (Wildman–Crippen MR) is 91.9 cm³/mol. The van der Waals surface area contributed by atoms with E-state index in [-0.39, 0.29) is 0 Å². The van der Waals surface area contributed by atoms with Crippen molar-refractivity contribution >= 4 is 11.6 Å². The molecule has 1 heterocycles. The molecule has 1 unspecified atom stereocenters. The van der Waals surface area contributed by atoms with E-state index in [9.17, 15) is 0 Å². The molecular formula is C18H29ClN2. The molecule has 1 aromatic carbocycles. The van der Waals surface area contributed by atoms with Crippen LogP contribution in [0.4, 0.5) is 0 Å². The maximum atomic E-state index is 6.14. The number of nitrogens with one attached hydrogen (secondary N) is 1. The number of halogens is 1. The van der Waals surface area contributed by atoms with Crippen molar-refractivity contribution in [1.82, 2.24) is 10.2 Å². The van der Waals surface area contributed by atoms with Crippen LogP contribution in [-0.4, -0.2) is 31.6 Å². The van der Waals surface area contributed by atoms with E-state index < -0.39 is 0 Å². The zero-order valence-corrected chi connectivity index (χ0v) is 14.4. The minimum absolute atomic E-state index is 0.410. The van der Waals surface area contributed by atoms with E-state index in [1.54, 1.807) is 0 Å². The highest BCUT2D eigenvalue weighted by atomic mass is 35.5. The molecule has 0 spiro atoms. The van der Waals surface area contributed by atoms with E-state index in [0.29, 0.717) is 11.5 Å². The Kier molecular flexibility index (Phi) is 6.09. The van der Waals surface area contributed by atoms with Crippen LogP contribution in [0.2, 0.25) is 5.02 Å². The van der Waals surface area contributed by atoms with Gasteiger partial charge in [-0.15, -0.1) is 0 Å². The van der Waals surface area contributed by atoms with Gasteiger partial charge in [0.05, 0.1) is 0 Å². The topological polar surface area (TPSA) is 15.3 Å². The SMILES string of the molecule is CCCC1(CN(C)C(C)c2cccc(Cl)c2)CCNCC1. The molecule has 21 heavy (non-hydrogen) atoms. The van der Waals surface area contributed by atoms with Gasteiger partial charge in [-0.2, -0.15) is 0 Å². The number of benzene rings is 1. The summed E-state index contributed by atoms with van der Waals surface area (Å²) in [6.07, 6.45) is 5.21. The molecule has 0 amide bonds. The molecule has 0 radical (unpaired) electrons. The molecule has 3 heteroatoms. The van der Waals surface area contributed by atoms with Gasteiger partial charge < -0.3 is 5.32 Å². The second-order valence-electron chi connectivity index (χ2n) is 6.65. The van der Waals surface area contributed by atoms with Crippen molar-refractivity contribution in [3.8, 4) is 0 Å². The zero-order chi connectivity index (χ0) is 15.3. The van der Waals surface area contributed by atoms with Gasteiger partial charge >= 0.3 is 0 Å². The third-order valence-corrected chi connectivity index (χ3v) is 5.26. The fourth-order valence-corrected chi connectivity index (χ4v) is 3.86. The largest absolute Gasteiger partial charge is 0.317 e. The quantitative estimate of drug-likeness (QED) is 0.832. The van der Waals surface area contributed by atoms with Gasteiger partial charge in [0.25, 0.3) is 0 Å². The van der Waals surface area contributed by atoms with E-state index in [2.05, 4.69) is 43.2 Å². The van der Waals surface area contributed by atoms with Gasteiger partial charge in [-0.3, -0.25) is 4.90 Å². The fourth-order valence-electron chi connectivity index (χ4n) is 3.66. The molecule has 1 fully saturated rings. The highest BCUT2D eigenvalue weighted by Gasteiger charge is 2.33.